The van der Waals surface area contributed by atoms with Crippen molar-refractivity contribution in [3.63, 3.8) is 0 Å². The summed E-state index contributed by atoms with van der Waals surface area (Å²) in [6, 6.07) is 1.37. The standard InChI is InChI=1S/C14H15N3O5S/c1-6(18)9-11(20)17-5-14(13(21)22,23-12(9)17)8-4-16-3-2-7(8)10(15)19/h2-4,6,9,12,18H,5H2,1H3,(H2,15,19)(H,21,22)/t6-,9+,12-,14?/m1/s1. The zero-order valence-corrected chi connectivity index (χ0v) is 13.0. The molecule has 3 heterocycles. The number of rotatable bonds is 4. The van der Waals surface area contributed by atoms with Crippen molar-refractivity contribution in [3.8, 4) is 0 Å². The molecule has 9 heteroatoms. The summed E-state index contributed by atoms with van der Waals surface area (Å²) in [5.74, 6) is -2.86. The Morgan fingerprint density at radius 1 is 1.57 bits per heavy atom. The van der Waals surface area contributed by atoms with E-state index in [9.17, 15) is 24.6 Å². The number of carboxylic acid groups (broad SMARTS) is 1. The van der Waals surface area contributed by atoms with Gasteiger partial charge in [-0.25, -0.2) is 0 Å². The van der Waals surface area contributed by atoms with E-state index >= 15 is 0 Å². The molecule has 2 amide bonds. The summed E-state index contributed by atoms with van der Waals surface area (Å²) in [5, 5.41) is 19.1. The van der Waals surface area contributed by atoms with Crippen LogP contribution in [0.4, 0.5) is 0 Å². The van der Waals surface area contributed by atoms with Gasteiger partial charge in [-0.2, -0.15) is 0 Å². The Hall–Kier alpha value is -2.13. The summed E-state index contributed by atoms with van der Waals surface area (Å²) in [6.07, 6.45) is 1.79. The van der Waals surface area contributed by atoms with Crippen molar-refractivity contribution in [2.45, 2.75) is 23.1 Å². The number of nitrogens with two attached hydrogens (primary N) is 1. The Balaban J connectivity index is 2.07. The number of β-lactam (4-membered cyclic amide) rings is 1. The third kappa shape index (κ3) is 2.11. The van der Waals surface area contributed by atoms with E-state index in [-0.39, 0.29) is 23.6 Å². The first-order chi connectivity index (χ1) is 10.8. The van der Waals surface area contributed by atoms with Gasteiger partial charge >= 0.3 is 5.97 Å². The van der Waals surface area contributed by atoms with E-state index in [0.29, 0.717) is 0 Å². The molecule has 4 atom stereocenters. The van der Waals surface area contributed by atoms with Gasteiger partial charge in [-0.1, -0.05) is 0 Å². The van der Waals surface area contributed by atoms with Crippen molar-refractivity contribution >= 4 is 29.5 Å². The Kier molecular flexibility index (Phi) is 3.56. The lowest BCUT2D eigenvalue weighted by atomic mass is 9.89. The monoisotopic (exact) mass is 337 g/mol. The quantitative estimate of drug-likeness (QED) is 0.623. The highest BCUT2D eigenvalue weighted by Crippen LogP contribution is 2.55. The average Bonchev–Trinajstić information content (AvgIpc) is 2.83. The first-order valence-electron chi connectivity index (χ1n) is 6.93. The minimum atomic E-state index is -1.53. The molecule has 0 radical (unpaired) electrons. The van der Waals surface area contributed by atoms with Crippen molar-refractivity contribution < 1.29 is 24.6 Å². The van der Waals surface area contributed by atoms with Crippen molar-refractivity contribution in [3.05, 3.63) is 29.6 Å². The van der Waals surface area contributed by atoms with Gasteiger partial charge in [0.15, 0.2) is 4.75 Å². The molecule has 0 spiro atoms. The predicted octanol–water partition coefficient (Wildman–Crippen LogP) is -0.627. The predicted molar refractivity (Wildman–Crippen MR) is 80.3 cm³/mol. The summed E-state index contributed by atoms with van der Waals surface area (Å²) in [5.41, 5.74) is 5.58. The molecule has 8 nitrogen and oxygen atoms in total. The first-order valence-corrected chi connectivity index (χ1v) is 7.81. The number of aromatic nitrogens is 1. The molecule has 2 aliphatic heterocycles. The van der Waals surface area contributed by atoms with Crippen LogP contribution in [0.25, 0.3) is 0 Å². The van der Waals surface area contributed by atoms with Crippen LogP contribution < -0.4 is 5.73 Å². The largest absolute Gasteiger partial charge is 0.480 e. The number of nitrogens with zero attached hydrogens (tertiary/aromatic N) is 2. The number of aliphatic hydroxyl groups excluding tert-OH is 1. The summed E-state index contributed by atoms with van der Waals surface area (Å²) in [4.78, 5) is 41.0. The zero-order valence-electron chi connectivity index (χ0n) is 12.2. The molecular weight excluding hydrogens is 322 g/mol. The topological polar surface area (TPSA) is 134 Å². The van der Waals surface area contributed by atoms with Gasteiger partial charge in [-0.15, -0.1) is 11.8 Å². The maximum absolute atomic E-state index is 12.1. The van der Waals surface area contributed by atoms with Gasteiger partial charge in [0.25, 0.3) is 0 Å². The zero-order chi connectivity index (χ0) is 16.9. The molecule has 4 N–H and O–H groups in total. The molecule has 23 heavy (non-hydrogen) atoms. The van der Waals surface area contributed by atoms with Crippen molar-refractivity contribution in [2.24, 2.45) is 11.7 Å². The fourth-order valence-corrected chi connectivity index (χ4v) is 4.91. The fourth-order valence-electron chi connectivity index (χ4n) is 3.10. The van der Waals surface area contributed by atoms with E-state index in [4.69, 9.17) is 5.73 Å². The molecule has 0 saturated carbocycles. The number of primary amides is 1. The first kappa shape index (κ1) is 15.8. The lowest BCUT2D eigenvalue weighted by molar-refractivity contribution is -0.156. The maximum atomic E-state index is 12.1. The fraction of sp³-hybridized carbons (Fsp3) is 0.429. The second-order valence-electron chi connectivity index (χ2n) is 5.66. The maximum Gasteiger partial charge on any atom is 0.326 e. The van der Waals surface area contributed by atoms with Crippen molar-refractivity contribution in [1.29, 1.82) is 0 Å². The number of hydrogen-bond donors (Lipinski definition) is 3. The van der Waals surface area contributed by atoms with Crippen molar-refractivity contribution in [2.75, 3.05) is 6.54 Å². The Bertz CT molecular complexity index is 709. The van der Waals surface area contributed by atoms with Gasteiger partial charge in [0.2, 0.25) is 11.8 Å². The van der Waals surface area contributed by atoms with Crippen LogP contribution in [0.5, 0.6) is 0 Å². The molecule has 1 unspecified atom stereocenters. The van der Waals surface area contributed by atoms with E-state index in [1.165, 1.54) is 30.3 Å². The van der Waals surface area contributed by atoms with E-state index in [2.05, 4.69) is 4.98 Å². The number of pyridine rings is 1. The highest BCUT2D eigenvalue weighted by Gasteiger charge is 2.64. The van der Waals surface area contributed by atoms with E-state index < -0.39 is 34.0 Å². The molecule has 3 rings (SSSR count). The van der Waals surface area contributed by atoms with Crippen LogP contribution in [0, 0.1) is 5.92 Å². The number of carbonyl (C=O) groups is 3. The van der Waals surface area contributed by atoms with Crippen LogP contribution in [0.1, 0.15) is 22.8 Å². The number of carbonyl (C=O) groups excluding carboxylic acids is 2. The van der Waals surface area contributed by atoms with Crippen LogP contribution in [-0.2, 0) is 14.3 Å². The third-order valence-electron chi connectivity index (χ3n) is 4.28. The third-order valence-corrected chi connectivity index (χ3v) is 6.00. The number of carboxylic acids is 1. The lowest BCUT2D eigenvalue weighted by Gasteiger charge is -2.42. The average molecular weight is 337 g/mol. The summed E-state index contributed by atoms with van der Waals surface area (Å²) in [6.45, 7) is 1.41. The van der Waals surface area contributed by atoms with Crippen LogP contribution in [0.15, 0.2) is 18.5 Å². The minimum Gasteiger partial charge on any atom is -0.480 e. The highest BCUT2D eigenvalue weighted by atomic mass is 32.2. The molecule has 1 aromatic rings. The van der Waals surface area contributed by atoms with Crippen LogP contribution in [0.2, 0.25) is 0 Å². The lowest BCUT2D eigenvalue weighted by Crippen LogP contribution is -2.60. The van der Waals surface area contributed by atoms with Crippen LogP contribution in [-0.4, -0.2) is 55.9 Å². The molecule has 0 bridgehead atoms. The smallest absolute Gasteiger partial charge is 0.326 e. The second-order valence-corrected chi connectivity index (χ2v) is 7.07. The number of fused-ring (bicyclic) bond motifs is 1. The van der Waals surface area contributed by atoms with Gasteiger partial charge in [-0.05, 0) is 13.0 Å². The number of aliphatic carboxylic acids is 1. The Morgan fingerprint density at radius 3 is 2.83 bits per heavy atom. The minimum absolute atomic E-state index is 0.0680. The van der Waals surface area contributed by atoms with E-state index in [1.807, 2.05) is 0 Å². The molecule has 2 saturated heterocycles. The molecule has 0 aliphatic carbocycles. The number of aliphatic hydroxyl groups is 1. The number of thioether (sulfide) groups is 1. The molecule has 1 aromatic heterocycles. The SMILES string of the molecule is C[C@@H](O)[C@H]1C(=O)N2CC(C(=O)O)(c3cnccc3C(N)=O)S[C@H]12. The van der Waals surface area contributed by atoms with E-state index in [1.54, 1.807) is 0 Å². The van der Waals surface area contributed by atoms with Crippen molar-refractivity contribution in [1.82, 2.24) is 9.88 Å². The van der Waals surface area contributed by atoms with Crippen LogP contribution in [0.3, 0.4) is 0 Å². The molecule has 2 aliphatic rings. The molecule has 0 aromatic carbocycles. The molecule has 122 valence electrons. The van der Waals surface area contributed by atoms with Gasteiger partial charge in [0, 0.05) is 23.5 Å². The van der Waals surface area contributed by atoms with Gasteiger partial charge in [-0.3, -0.25) is 19.4 Å². The van der Waals surface area contributed by atoms with E-state index in [0.717, 1.165) is 11.8 Å². The Labute approximate surface area is 135 Å². The number of hydrogen-bond acceptors (Lipinski definition) is 6. The summed E-state index contributed by atoms with van der Waals surface area (Å²) in [7, 11) is 0. The van der Waals surface area contributed by atoms with Gasteiger partial charge < -0.3 is 20.8 Å². The summed E-state index contributed by atoms with van der Waals surface area (Å²) >= 11 is 1.04. The normalized spacial score (nSPS) is 30.5. The Morgan fingerprint density at radius 2 is 2.26 bits per heavy atom. The van der Waals surface area contributed by atoms with Gasteiger partial charge in [0.05, 0.1) is 23.9 Å². The molecule has 2 fully saturated rings. The van der Waals surface area contributed by atoms with Gasteiger partial charge in [0.1, 0.15) is 0 Å². The second kappa shape index (κ2) is 5.20. The van der Waals surface area contributed by atoms with Crippen LogP contribution >= 0.6 is 11.8 Å². The molecular formula is C14H15N3O5S. The summed E-state index contributed by atoms with van der Waals surface area (Å²) < 4.78 is -1.53. The number of amides is 2. The highest BCUT2D eigenvalue weighted by molar-refractivity contribution is 8.02.